The van der Waals surface area contributed by atoms with Crippen molar-refractivity contribution in [2.24, 2.45) is 4.99 Å². The van der Waals surface area contributed by atoms with Crippen molar-refractivity contribution < 1.29 is 0 Å². The van der Waals surface area contributed by atoms with E-state index < -0.39 is 0 Å². The molecule has 74 valence electrons. The fraction of sp³-hybridized carbons (Fsp3) is 0.909. The summed E-state index contributed by atoms with van der Waals surface area (Å²) < 4.78 is 0. The maximum atomic E-state index is 4.29. The van der Waals surface area contributed by atoms with E-state index in [1.807, 2.05) is 0 Å². The Labute approximate surface area is 81.0 Å². The molecule has 2 rings (SSSR count). The summed E-state index contributed by atoms with van der Waals surface area (Å²) in [5.74, 6) is 0. The van der Waals surface area contributed by atoms with Crippen molar-refractivity contribution in [1.82, 2.24) is 4.90 Å². The summed E-state index contributed by atoms with van der Waals surface area (Å²) in [5.41, 5.74) is 0.491. The lowest BCUT2D eigenvalue weighted by atomic mass is 9.81. The van der Waals surface area contributed by atoms with Crippen molar-refractivity contribution in [3.63, 3.8) is 0 Å². The van der Waals surface area contributed by atoms with Gasteiger partial charge in [0.05, 0.1) is 6.54 Å². The zero-order valence-corrected chi connectivity index (χ0v) is 8.63. The topological polar surface area (TPSA) is 15.6 Å². The zero-order valence-electron chi connectivity index (χ0n) is 8.63. The summed E-state index contributed by atoms with van der Waals surface area (Å²) in [7, 11) is 0. The van der Waals surface area contributed by atoms with E-state index in [9.17, 15) is 0 Å². The molecule has 1 heterocycles. The van der Waals surface area contributed by atoms with Crippen LogP contribution in [0.2, 0.25) is 0 Å². The van der Waals surface area contributed by atoms with Crippen molar-refractivity contribution in [1.29, 1.82) is 0 Å². The van der Waals surface area contributed by atoms with Crippen molar-refractivity contribution in [2.75, 3.05) is 19.6 Å². The molecule has 0 bridgehead atoms. The average Bonchev–Trinajstić information content (AvgIpc) is 2.20. The number of nitrogens with zero attached hydrogens (tertiary/aromatic N) is 2. The molecule has 1 aliphatic heterocycles. The average molecular weight is 180 g/mol. The standard InChI is InChI=1S/C11H20N2/c1-11(5-3-2-4-6-11)13-9-7-12-8-10-13/h7H,2-6,8-10H2,1H3. The molecule has 0 atom stereocenters. The second kappa shape index (κ2) is 3.79. The molecule has 2 nitrogen and oxygen atoms in total. The monoisotopic (exact) mass is 180 g/mol. The summed E-state index contributed by atoms with van der Waals surface area (Å²) >= 11 is 0. The molecule has 0 spiro atoms. The van der Waals surface area contributed by atoms with Gasteiger partial charge in [-0.1, -0.05) is 19.3 Å². The molecule has 13 heavy (non-hydrogen) atoms. The third kappa shape index (κ3) is 1.93. The van der Waals surface area contributed by atoms with Crippen LogP contribution >= 0.6 is 0 Å². The van der Waals surface area contributed by atoms with Crippen LogP contribution < -0.4 is 0 Å². The third-order valence-electron chi connectivity index (χ3n) is 3.62. The molecule has 0 aromatic rings. The van der Waals surface area contributed by atoms with Crippen LogP contribution in [0.1, 0.15) is 39.0 Å². The van der Waals surface area contributed by atoms with Crippen LogP contribution in [0.3, 0.4) is 0 Å². The minimum Gasteiger partial charge on any atom is -0.295 e. The van der Waals surface area contributed by atoms with Gasteiger partial charge in [-0.2, -0.15) is 0 Å². The minimum absolute atomic E-state index is 0.491. The van der Waals surface area contributed by atoms with E-state index in [2.05, 4.69) is 23.0 Å². The van der Waals surface area contributed by atoms with Gasteiger partial charge in [0, 0.05) is 24.8 Å². The molecule has 1 fully saturated rings. The van der Waals surface area contributed by atoms with Crippen LogP contribution in [0.25, 0.3) is 0 Å². The zero-order chi connectivity index (χ0) is 9.15. The molecule has 0 aromatic heterocycles. The van der Waals surface area contributed by atoms with E-state index in [1.165, 1.54) is 38.6 Å². The van der Waals surface area contributed by atoms with Gasteiger partial charge >= 0.3 is 0 Å². The molecule has 0 unspecified atom stereocenters. The Morgan fingerprint density at radius 2 is 2.00 bits per heavy atom. The first-order valence-electron chi connectivity index (χ1n) is 5.55. The van der Waals surface area contributed by atoms with Crippen LogP contribution in [-0.4, -0.2) is 36.3 Å². The summed E-state index contributed by atoms with van der Waals surface area (Å²) in [6.07, 6.45) is 9.15. The Morgan fingerprint density at radius 1 is 1.23 bits per heavy atom. The molecule has 0 radical (unpaired) electrons. The molecule has 0 aromatic carbocycles. The maximum absolute atomic E-state index is 4.29. The first-order chi connectivity index (χ1) is 6.31. The second-order valence-corrected chi connectivity index (χ2v) is 4.59. The van der Waals surface area contributed by atoms with Gasteiger partial charge in [-0.05, 0) is 19.8 Å². The van der Waals surface area contributed by atoms with Gasteiger partial charge in [0.2, 0.25) is 0 Å². The van der Waals surface area contributed by atoms with Gasteiger partial charge in [-0.15, -0.1) is 0 Å². The molecule has 1 saturated carbocycles. The molecular weight excluding hydrogens is 160 g/mol. The quantitative estimate of drug-likeness (QED) is 0.603. The number of rotatable bonds is 1. The summed E-state index contributed by atoms with van der Waals surface area (Å²) in [6, 6.07) is 0. The summed E-state index contributed by atoms with van der Waals surface area (Å²) in [6.45, 7) is 5.70. The Kier molecular flexibility index (Phi) is 2.68. The van der Waals surface area contributed by atoms with Crippen LogP contribution in [0, 0.1) is 0 Å². The van der Waals surface area contributed by atoms with E-state index in [-0.39, 0.29) is 0 Å². The van der Waals surface area contributed by atoms with Gasteiger partial charge in [0.15, 0.2) is 0 Å². The lowest BCUT2D eigenvalue weighted by molar-refractivity contribution is 0.0825. The van der Waals surface area contributed by atoms with Crippen molar-refractivity contribution >= 4 is 6.21 Å². The molecule has 2 aliphatic rings. The summed E-state index contributed by atoms with van der Waals surface area (Å²) in [5, 5.41) is 0. The predicted octanol–water partition coefficient (Wildman–Crippen LogP) is 2.10. The number of aliphatic imine (C=N–C) groups is 1. The Bertz CT molecular complexity index is 192. The van der Waals surface area contributed by atoms with Crippen LogP contribution in [0.4, 0.5) is 0 Å². The first kappa shape index (κ1) is 9.20. The van der Waals surface area contributed by atoms with Crippen molar-refractivity contribution in [3.8, 4) is 0 Å². The summed E-state index contributed by atoms with van der Waals surface area (Å²) in [4.78, 5) is 6.91. The fourth-order valence-electron chi connectivity index (χ4n) is 2.64. The molecule has 0 saturated heterocycles. The van der Waals surface area contributed by atoms with Crippen LogP contribution in [-0.2, 0) is 0 Å². The highest BCUT2D eigenvalue weighted by Crippen LogP contribution is 2.33. The number of hydrogen-bond acceptors (Lipinski definition) is 2. The van der Waals surface area contributed by atoms with E-state index in [4.69, 9.17) is 0 Å². The lowest BCUT2D eigenvalue weighted by Gasteiger charge is -2.44. The largest absolute Gasteiger partial charge is 0.295 e. The van der Waals surface area contributed by atoms with Crippen LogP contribution in [0.5, 0.6) is 0 Å². The molecule has 0 N–H and O–H groups in total. The van der Waals surface area contributed by atoms with Gasteiger partial charge in [0.25, 0.3) is 0 Å². The highest BCUT2D eigenvalue weighted by atomic mass is 15.2. The van der Waals surface area contributed by atoms with E-state index in [1.54, 1.807) is 0 Å². The fourth-order valence-corrected chi connectivity index (χ4v) is 2.64. The highest BCUT2D eigenvalue weighted by Gasteiger charge is 2.32. The molecule has 2 heteroatoms. The second-order valence-electron chi connectivity index (χ2n) is 4.59. The Morgan fingerprint density at radius 3 is 2.62 bits per heavy atom. The lowest BCUT2D eigenvalue weighted by Crippen LogP contribution is -2.50. The molecular formula is C11H20N2. The van der Waals surface area contributed by atoms with E-state index >= 15 is 0 Å². The SMILES string of the molecule is CC1(N2CC=NCC2)CCCCC1. The first-order valence-corrected chi connectivity index (χ1v) is 5.55. The normalized spacial score (nSPS) is 29.0. The van der Waals surface area contributed by atoms with Crippen LogP contribution in [0.15, 0.2) is 4.99 Å². The van der Waals surface area contributed by atoms with E-state index in [0.717, 1.165) is 13.1 Å². The van der Waals surface area contributed by atoms with E-state index in [0.29, 0.717) is 5.54 Å². The molecule has 1 aliphatic carbocycles. The Hall–Kier alpha value is -0.370. The van der Waals surface area contributed by atoms with Gasteiger partial charge in [-0.25, -0.2) is 0 Å². The van der Waals surface area contributed by atoms with Crippen molar-refractivity contribution in [2.45, 2.75) is 44.6 Å². The third-order valence-corrected chi connectivity index (χ3v) is 3.62. The molecule has 0 amide bonds. The van der Waals surface area contributed by atoms with Gasteiger partial charge in [0.1, 0.15) is 0 Å². The van der Waals surface area contributed by atoms with Gasteiger partial charge in [-0.3, -0.25) is 9.89 Å². The maximum Gasteiger partial charge on any atom is 0.0513 e. The number of hydrogen-bond donors (Lipinski definition) is 0. The Balaban J connectivity index is 1.99. The highest BCUT2D eigenvalue weighted by molar-refractivity contribution is 5.60. The van der Waals surface area contributed by atoms with Gasteiger partial charge < -0.3 is 0 Å². The smallest absolute Gasteiger partial charge is 0.0513 e. The minimum atomic E-state index is 0.491. The predicted molar refractivity (Wildman–Crippen MR) is 56.4 cm³/mol. The van der Waals surface area contributed by atoms with Crippen molar-refractivity contribution in [3.05, 3.63) is 0 Å².